The van der Waals surface area contributed by atoms with Crippen LogP contribution in [0, 0.1) is 0 Å². The molecule has 0 bridgehead atoms. The summed E-state index contributed by atoms with van der Waals surface area (Å²) in [5, 5.41) is 6.96. The summed E-state index contributed by atoms with van der Waals surface area (Å²) >= 11 is 0. The molecule has 1 amide bonds. The third kappa shape index (κ3) is 5.19. The molecule has 8 nitrogen and oxygen atoms in total. The predicted octanol–water partition coefficient (Wildman–Crippen LogP) is 2.97. The summed E-state index contributed by atoms with van der Waals surface area (Å²) in [6.45, 7) is 0. The third-order valence-electron chi connectivity index (χ3n) is 4.69. The molecule has 3 aromatic rings. The maximum Gasteiger partial charge on any atom is 0.248 e. The highest BCUT2D eigenvalue weighted by Crippen LogP contribution is 2.29. The van der Waals surface area contributed by atoms with Gasteiger partial charge in [-0.3, -0.25) is 4.79 Å². The second kappa shape index (κ2) is 8.75. The zero-order chi connectivity index (χ0) is 21.8. The van der Waals surface area contributed by atoms with Crippen molar-refractivity contribution in [2.24, 2.45) is 0 Å². The summed E-state index contributed by atoms with van der Waals surface area (Å²) in [5.41, 5.74) is 1.93. The molecule has 0 aliphatic heterocycles. The predicted molar refractivity (Wildman–Crippen MR) is 118 cm³/mol. The Hall–Kier alpha value is -3.43. The smallest absolute Gasteiger partial charge is 0.248 e. The molecule has 0 saturated heterocycles. The molecule has 0 unspecified atom stereocenters. The largest absolute Gasteiger partial charge is 0.495 e. The van der Waals surface area contributed by atoms with Gasteiger partial charge in [-0.15, -0.1) is 0 Å². The van der Waals surface area contributed by atoms with Gasteiger partial charge in [-0.1, -0.05) is 18.2 Å². The van der Waals surface area contributed by atoms with Crippen molar-refractivity contribution in [1.82, 2.24) is 14.5 Å². The highest BCUT2D eigenvalue weighted by Gasteiger charge is 2.28. The Morgan fingerprint density at radius 2 is 1.97 bits per heavy atom. The monoisotopic (exact) mass is 438 g/mol. The molecule has 160 valence electrons. The molecule has 0 atom stereocenters. The Bertz CT molecular complexity index is 1220. The van der Waals surface area contributed by atoms with Gasteiger partial charge in [0.1, 0.15) is 5.75 Å². The quantitative estimate of drug-likeness (QED) is 0.527. The van der Waals surface area contributed by atoms with Crippen molar-refractivity contribution in [3.63, 3.8) is 0 Å². The third-order valence-corrected chi connectivity index (χ3v) is 6.21. The van der Waals surface area contributed by atoms with E-state index in [0.717, 1.165) is 24.1 Å². The molecule has 9 heteroatoms. The van der Waals surface area contributed by atoms with Gasteiger partial charge in [0.2, 0.25) is 15.9 Å². The number of carbonyl (C=O) groups excluding carboxylic acids is 1. The Kier molecular flexibility index (Phi) is 5.88. The molecular formula is C22H22N4O4S. The number of rotatable bonds is 8. The number of para-hydroxylation sites is 1. The van der Waals surface area contributed by atoms with Crippen LogP contribution in [0.5, 0.6) is 5.75 Å². The first-order valence-corrected chi connectivity index (χ1v) is 11.2. The Morgan fingerprint density at radius 1 is 1.19 bits per heavy atom. The van der Waals surface area contributed by atoms with Crippen LogP contribution in [0.1, 0.15) is 18.4 Å². The zero-order valence-corrected chi connectivity index (χ0v) is 17.7. The molecular weight excluding hydrogens is 416 g/mol. The lowest BCUT2D eigenvalue weighted by molar-refractivity contribution is -0.111. The Labute approximate surface area is 180 Å². The maximum absolute atomic E-state index is 12.5. The van der Waals surface area contributed by atoms with E-state index in [-0.39, 0.29) is 16.6 Å². The van der Waals surface area contributed by atoms with Crippen LogP contribution in [0.3, 0.4) is 0 Å². The Balaban J connectivity index is 1.47. The van der Waals surface area contributed by atoms with Gasteiger partial charge in [0, 0.05) is 23.9 Å². The van der Waals surface area contributed by atoms with E-state index in [1.807, 2.05) is 30.3 Å². The summed E-state index contributed by atoms with van der Waals surface area (Å²) in [4.78, 5) is 12.5. The first kappa shape index (κ1) is 20.8. The Morgan fingerprint density at radius 3 is 2.68 bits per heavy atom. The van der Waals surface area contributed by atoms with Gasteiger partial charge >= 0.3 is 0 Å². The van der Waals surface area contributed by atoms with Gasteiger partial charge in [0.15, 0.2) is 0 Å². The first-order valence-electron chi connectivity index (χ1n) is 9.74. The van der Waals surface area contributed by atoms with E-state index in [2.05, 4.69) is 15.1 Å². The molecule has 0 radical (unpaired) electrons. The lowest BCUT2D eigenvalue weighted by Crippen LogP contribution is -2.25. The standard InChI is InChI=1S/C22H22N4O4S/c1-30-21-11-10-19(31(28,29)25-17-8-9-17)13-20(21)24-22(27)12-7-16-14-23-26(15-16)18-5-3-2-4-6-18/h2-7,10-15,17,25H,8-9H2,1H3,(H,24,27)/b12-7+. The van der Waals surface area contributed by atoms with Crippen molar-refractivity contribution in [2.75, 3.05) is 12.4 Å². The van der Waals surface area contributed by atoms with Crippen LogP contribution in [-0.4, -0.2) is 37.3 Å². The second-order valence-electron chi connectivity index (χ2n) is 7.13. The van der Waals surface area contributed by atoms with Crippen molar-refractivity contribution >= 4 is 27.7 Å². The number of carbonyl (C=O) groups is 1. The van der Waals surface area contributed by atoms with E-state index in [1.54, 1.807) is 23.2 Å². The number of amides is 1. The summed E-state index contributed by atoms with van der Waals surface area (Å²) in [6, 6.07) is 14.0. The van der Waals surface area contributed by atoms with E-state index in [9.17, 15) is 13.2 Å². The van der Waals surface area contributed by atoms with Crippen molar-refractivity contribution in [3.8, 4) is 11.4 Å². The topological polar surface area (TPSA) is 102 Å². The SMILES string of the molecule is COc1ccc(S(=O)(=O)NC2CC2)cc1NC(=O)/C=C/c1cnn(-c2ccccc2)c1. The van der Waals surface area contributed by atoms with Crippen LogP contribution in [0.15, 0.2) is 71.9 Å². The maximum atomic E-state index is 12.5. The van der Waals surface area contributed by atoms with E-state index >= 15 is 0 Å². The molecule has 1 fully saturated rings. The van der Waals surface area contributed by atoms with Crippen LogP contribution in [0.25, 0.3) is 11.8 Å². The number of methoxy groups -OCH3 is 1. The molecule has 1 heterocycles. The lowest BCUT2D eigenvalue weighted by Gasteiger charge is -2.12. The molecule has 1 aliphatic carbocycles. The average molecular weight is 439 g/mol. The van der Waals surface area contributed by atoms with Gasteiger partial charge in [-0.25, -0.2) is 17.8 Å². The first-order chi connectivity index (χ1) is 14.9. The molecule has 0 spiro atoms. The highest BCUT2D eigenvalue weighted by atomic mass is 32.2. The van der Waals surface area contributed by atoms with Crippen molar-refractivity contribution in [2.45, 2.75) is 23.8 Å². The summed E-state index contributed by atoms with van der Waals surface area (Å²) in [5.74, 6) is -0.0560. The second-order valence-corrected chi connectivity index (χ2v) is 8.85. The summed E-state index contributed by atoms with van der Waals surface area (Å²) < 4.78 is 34.5. The van der Waals surface area contributed by atoms with Crippen molar-refractivity contribution in [3.05, 3.63) is 72.6 Å². The molecule has 1 aliphatic rings. The number of anilines is 1. The van der Waals surface area contributed by atoms with Crippen LogP contribution in [0.4, 0.5) is 5.69 Å². The fourth-order valence-corrected chi connectivity index (χ4v) is 4.26. The number of hydrogen-bond donors (Lipinski definition) is 2. The van der Waals surface area contributed by atoms with Gasteiger partial charge in [-0.05, 0) is 49.2 Å². The molecule has 1 saturated carbocycles. The molecule has 4 rings (SSSR count). The molecule has 1 aromatic heterocycles. The number of ether oxygens (including phenoxy) is 1. The summed E-state index contributed by atoms with van der Waals surface area (Å²) in [7, 11) is -2.19. The summed E-state index contributed by atoms with van der Waals surface area (Å²) in [6.07, 6.45) is 8.11. The minimum atomic E-state index is -3.65. The number of benzene rings is 2. The number of nitrogens with one attached hydrogen (secondary N) is 2. The van der Waals surface area contributed by atoms with Crippen molar-refractivity contribution in [1.29, 1.82) is 0 Å². The van der Waals surface area contributed by atoms with E-state index in [4.69, 9.17) is 4.74 Å². The van der Waals surface area contributed by atoms with Crippen LogP contribution < -0.4 is 14.8 Å². The average Bonchev–Trinajstić information content (AvgIpc) is 3.44. The molecule has 31 heavy (non-hydrogen) atoms. The molecule has 2 aromatic carbocycles. The van der Waals surface area contributed by atoms with Crippen molar-refractivity contribution < 1.29 is 17.9 Å². The lowest BCUT2D eigenvalue weighted by atomic mass is 10.2. The number of nitrogens with zero attached hydrogens (tertiary/aromatic N) is 2. The number of sulfonamides is 1. The molecule has 2 N–H and O–H groups in total. The van der Waals surface area contributed by atoms with Gasteiger partial charge < -0.3 is 10.1 Å². The van der Waals surface area contributed by atoms with E-state index in [1.165, 1.54) is 31.4 Å². The normalized spacial score (nSPS) is 14.0. The number of aromatic nitrogens is 2. The minimum Gasteiger partial charge on any atom is -0.495 e. The van der Waals surface area contributed by atoms with Gasteiger partial charge in [0.05, 0.1) is 29.6 Å². The highest BCUT2D eigenvalue weighted by molar-refractivity contribution is 7.89. The van der Waals surface area contributed by atoms with E-state index < -0.39 is 15.9 Å². The van der Waals surface area contributed by atoms with Crippen LogP contribution in [-0.2, 0) is 14.8 Å². The zero-order valence-electron chi connectivity index (χ0n) is 16.9. The van der Waals surface area contributed by atoms with Gasteiger partial charge in [-0.2, -0.15) is 5.10 Å². The van der Waals surface area contributed by atoms with E-state index in [0.29, 0.717) is 5.75 Å². The van der Waals surface area contributed by atoms with Gasteiger partial charge in [0.25, 0.3) is 0 Å². The number of hydrogen-bond acceptors (Lipinski definition) is 5. The van der Waals surface area contributed by atoms with Crippen LogP contribution >= 0.6 is 0 Å². The minimum absolute atomic E-state index is 0.00937. The fourth-order valence-electron chi connectivity index (χ4n) is 2.93. The fraction of sp³-hybridized carbons (Fsp3) is 0.182. The van der Waals surface area contributed by atoms with Crippen LogP contribution in [0.2, 0.25) is 0 Å².